The normalized spacial score (nSPS) is 13.3. The highest BCUT2D eigenvalue weighted by Crippen LogP contribution is 2.12. The third kappa shape index (κ3) is 12.0. The molecule has 5 amide bonds. The first-order valence-corrected chi connectivity index (χ1v) is 15.5. The van der Waals surface area contributed by atoms with Crippen LogP contribution in [0.4, 0.5) is 0 Å². The standard InChI is InChI=1S/C30H40N10O5S/c1-18(41)37-25(14-20-16-34-17-36-20)29(45)40-24(13-19-7-3-2-4-8-19)28(44)38-22(10-5-11-35-30(32)33)27(43)39-23(26(31)42)15-21-9-6-12-46-21/h2-4,6-9,12,16-17,22-25H,5,10-11,13-15H2,1H3,(H2,31,42)(H,34,36)(H,37,41)(H,38,44)(H,39,43)(H,40,45)(H4,32,33,35)/t22-,23+,24-,25-/m0/s1. The average molecular weight is 653 g/mol. The number of benzene rings is 1. The van der Waals surface area contributed by atoms with Gasteiger partial charge >= 0.3 is 0 Å². The van der Waals surface area contributed by atoms with Crippen LogP contribution < -0.4 is 38.5 Å². The Kier molecular flexibility index (Phi) is 13.7. The van der Waals surface area contributed by atoms with E-state index >= 15 is 0 Å². The number of aromatic amines is 1. The van der Waals surface area contributed by atoms with Crippen LogP contribution in [-0.4, -0.2) is 76.2 Å². The van der Waals surface area contributed by atoms with Gasteiger partial charge in [0.1, 0.15) is 24.2 Å². The zero-order chi connectivity index (χ0) is 33.5. The van der Waals surface area contributed by atoms with E-state index < -0.39 is 53.7 Å². The monoisotopic (exact) mass is 652 g/mol. The molecule has 0 bridgehead atoms. The number of thiophene rings is 1. The van der Waals surface area contributed by atoms with E-state index in [1.807, 2.05) is 23.6 Å². The number of hydrogen-bond acceptors (Lipinski definition) is 8. The van der Waals surface area contributed by atoms with Crippen molar-refractivity contribution in [3.8, 4) is 0 Å². The second kappa shape index (κ2) is 17.9. The number of guanidine groups is 1. The molecule has 0 spiro atoms. The van der Waals surface area contributed by atoms with Gasteiger partial charge in [-0.25, -0.2) is 4.98 Å². The van der Waals surface area contributed by atoms with Gasteiger partial charge in [-0.3, -0.25) is 29.0 Å². The summed E-state index contributed by atoms with van der Waals surface area (Å²) in [4.78, 5) is 76.5. The highest BCUT2D eigenvalue weighted by Gasteiger charge is 2.31. The quantitative estimate of drug-likeness (QED) is 0.0479. The summed E-state index contributed by atoms with van der Waals surface area (Å²) in [6.45, 7) is 1.47. The maximum atomic E-state index is 13.8. The third-order valence-corrected chi connectivity index (χ3v) is 7.71. The van der Waals surface area contributed by atoms with Gasteiger partial charge in [-0.15, -0.1) is 11.3 Å². The molecule has 0 radical (unpaired) electrons. The molecule has 0 aliphatic rings. The topological polar surface area (TPSA) is 253 Å². The van der Waals surface area contributed by atoms with Crippen LogP contribution in [-0.2, 0) is 43.2 Å². The lowest BCUT2D eigenvalue weighted by Crippen LogP contribution is -2.59. The predicted molar refractivity (Wildman–Crippen MR) is 173 cm³/mol. The van der Waals surface area contributed by atoms with Crippen molar-refractivity contribution in [2.45, 2.75) is 63.2 Å². The summed E-state index contributed by atoms with van der Waals surface area (Å²) in [5, 5.41) is 12.6. The van der Waals surface area contributed by atoms with E-state index in [9.17, 15) is 24.0 Å². The number of hydrogen-bond donors (Lipinski definition) is 8. The Balaban J connectivity index is 1.83. The number of imidazole rings is 1. The molecule has 0 fully saturated rings. The lowest BCUT2D eigenvalue weighted by atomic mass is 10.0. The van der Waals surface area contributed by atoms with Crippen molar-refractivity contribution < 1.29 is 24.0 Å². The molecule has 2 aromatic heterocycles. The van der Waals surface area contributed by atoms with Gasteiger partial charge in [0.25, 0.3) is 0 Å². The molecule has 46 heavy (non-hydrogen) atoms. The number of nitrogens with two attached hydrogens (primary N) is 3. The second-order valence-electron chi connectivity index (χ2n) is 10.5. The Bertz CT molecular complexity index is 1460. The van der Waals surface area contributed by atoms with Crippen LogP contribution in [0.15, 0.2) is 65.4 Å². The van der Waals surface area contributed by atoms with Crippen molar-refractivity contribution in [2.24, 2.45) is 22.2 Å². The van der Waals surface area contributed by atoms with Crippen LogP contribution in [0.3, 0.4) is 0 Å². The smallest absolute Gasteiger partial charge is 0.243 e. The number of nitrogens with one attached hydrogen (secondary N) is 5. The molecule has 11 N–H and O–H groups in total. The third-order valence-electron chi connectivity index (χ3n) is 6.81. The number of aromatic nitrogens is 2. The van der Waals surface area contributed by atoms with Crippen molar-refractivity contribution in [1.29, 1.82) is 0 Å². The molecule has 3 rings (SSSR count). The molecule has 0 aliphatic carbocycles. The minimum atomic E-state index is -1.14. The Morgan fingerprint density at radius 1 is 0.826 bits per heavy atom. The lowest BCUT2D eigenvalue weighted by Gasteiger charge is -2.26. The predicted octanol–water partition coefficient (Wildman–Crippen LogP) is -1.00. The number of H-pyrrole nitrogens is 1. The molecule has 0 aliphatic heterocycles. The summed E-state index contributed by atoms with van der Waals surface area (Å²) in [7, 11) is 0. The molecular formula is C30H40N10O5S. The Morgan fingerprint density at radius 2 is 1.48 bits per heavy atom. The first-order chi connectivity index (χ1) is 22.0. The summed E-state index contributed by atoms with van der Waals surface area (Å²) >= 11 is 1.41. The van der Waals surface area contributed by atoms with Gasteiger partial charge in [0.2, 0.25) is 29.5 Å². The average Bonchev–Trinajstić information content (AvgIpc) is 3.72. The molecule has 0 saturated heterocycles. The van der Waals surface area contributed by atoms with E-state index in [1.165, 1.54) is 30.8 Å². The molecule has 0 unspecified atom stereocenters. The van der Waals surface area contributed by atoms with Crippen molar-refractivity contribution in [3.05, 3.63) is 76.5 Å². The fourth-order valence-corrected chi connectivity index (χ4v) is 5.32. The highest BCUT2D eigenvalue weighted by molar-refractivity contribution is 7.09. The van der Waals surface area contributed by atoms with Crippen LogP contribution in [0.2, 0.25) is 0 Å². The summed E-state index contributed by atoms with van der Waals surface area (Å²) < 4.78 is 0. The number of nitrogens with zero attached hydrogens (tertiary/aromatic N) is 2. The Hall–Kier alpha value is -5.25. The summed E-state index contributed by atoms with van der Waals surface area (Å²) in [6.07, 6.45) is 3.76. The van der Waals surface area contributed by atoms with Crippen molar-refractivity contribution in [3.63, 3.8) is 0 Å². The van der Waals surface area contributed by atoms with Crippen LogP contribution >= 0.6 is 11.3 Å². The largest absolute Gasteiger partial charge is 0.370 e. The molecule has 3 aromatic rings. The van der Waals surface area contributed by atoms with Gasteiger partial charge in [-0.1, -0.05) is 36.4 Å². The Morgan fingerprint density at radius 3 is 2.07 bits per heavy atom. The number of amides is 5. The van der Waals surface area contributed by atoms with E-state index in [0.717, 1.165) is 10.4 Å². The fourth-order valence-electron chi connectivity index (χ4n) is 4.57. The molecule has 0 saturated carbocycles. The first kappa shape index (κ1) is 35.2. The van der Waals surface area contributed by atoms with E-state index in [0.29, 0.717) is 12.1 Å². The maximum Gasteiger partial charge on any atom is 0.243 e. The van der Waals surface area contributed by atoms with Crippen LogP contribution in [0.25, 0.3) is 0 Å². The molecular weight excluding hydrogens is 612 g/mol. The molecule has 2 heterocycles. The lowest BCUT2D eigenvalue weighted by molar-refractivity contribution is -0.134. The van der Waals surface area contributed by atoms with Crippen LogP contribution in [0, 0.1) is 0 Å². The fraction of sp³-hybridized carbons (Fsp3) is 0.367. The second-order valence-corrected chi connectivity index (χ2v) is 11.6. The van der Waals surface area contributed by atoms with E-state index in [-0.39, 0.29) is 38.2 Å². The molecule has 4 atom stereocenters. The number of carbonyl (C=O) groups excluding carboxylic acids is 5. The van der Waals surface area contributed by atoms with Crippen LogP contribution in [0.1, 0.15) is 35.9 Å². The van der Waals surface area contributed by atoms with E-state index in [2.05, 4.69) is 36.2 Å². The van der Waals surface area contributed by atoms with E-state index in [1.54, 1.807) is 24.3 Å². The summed E-state index contributed by atoms with van der Waals surface area (Å²) in [5.41, 5.74) is 17.8. The Labute approximate surface area is 270 Å². The summed E-state index contributed by atoms with van der Waals surface area (Å²) in [5.74, 6) is -3.20. The number of carbonyl (C=O) groups is 5. The van der Waals surface area contributed by atoms with Gasteiger partial charge in [-0.2, -0.15) is 0 Å². The maximum absolute atomic E-state index is 13.8. The zero-order valence-electron chi connectivity index (χ0n) is 25.4. The minimum absolute atomic E-state index is 0.0832. The van der Waals surface area contributed by atoms with Crippen molar-refractivity contribution >= 4 is 46.8 Å². The molecule has 16 heteroatoms. The van der Waals surface area contributed by atoms with E-state index in [4.69, 9.17) is 17.2 Å². The summed E-state index contributed by atoms with van der Waals surface area (Å²) in [6, 6.07) is 8.32. The van der Waals surface area contributed by atoms with Gasteiger partial charge in [0.15, 0.2) is 5.96 Å². The van der Waals surface area contributed by atoms with Crippen molar-refractivity contribution in [1.82, 2.24) is 31.2 Å². The first-order valence-electron chi connectivity index (χ1n) is 14.6. The molecule has 15 nitrogen and oxygen atoms in total. The molecule has 1 aromatic carbocycles. The van der Waals surface area contributed by atoms with Crippen LogP contribution in [0.5, 0.6) is 0 Å². The van der Waals surface area contributed by atoms with Gasteiger partial charge in [0.05, 0.1) is 6.33 Å². The van der Waals surface area contributed by atoms with Gasteiger partial charge in [-0.05, 0) is 29.9 Å². The minimum Gasteiger partial charge on any atom is -0.370 e. The number of rotatable bonds is 18. The molecule has 246 valence electrons. The van der Waals surface area contributed by atoms with Gasteiger partial charge < -0.3 is 43.5 Å². The number of primary amides is 1. The highest BCUT2D eigenvalue weighted by atomic mass is 32.1. The van der Waals surface area contributed by atoms with Crippen molar-refractivity contribution in [2.75, 3.05) is 6.54 Å². The SMILES string of the molecule is CC(=O)N[C@@H](Cc1cnc[nH]1)C(=O)N[C@@H](Cc1ccccc1)C(=O)N[C@@H](CCCN=C(N)N)C(=O)N[C@H](Cc1cccs1)C(N)=O. The number of aliphatic imine (C=N–C) groups is 1. The zero-order valence-corrected chi connectivity index (χ0v) is 26.2. The van der Waals surface area contributed by atoms with Gasteiger partial charge in [0, 0.05) is 49.5 Å².